The van der Waals surface area contributed by atoms with Crippen molar-refractivity contribution in [3.63, 3.8) is 0 Å². The van der Waals surface area contributed by atoms with Gasteiger partial charge in [0, 0.05) is 26.3 Å². The summed E-state index contributed by atoms with van der Waals surface area (Å²) < 4.78 is 5.04. The molecule has 1 aromatic rings. The fraction of sp³-hybridized carbons (Fsp3) is 0.667. The van der Waals surface area contributed by atoms with Gasteiger partial charge in [0.2, 0.25) is 0 Å². The van der Waals surface area contributed by atoms with Crippen LogP contribution in [0, 0.1) is 5.92 Å². The Balaban J connectivity index is 2.14. The van der Waals surface area contributed by atoms with E-state index in [1.54, 1.807) is 7.11 Å². The van der Waals surface area contributed by atoms with Crippen molar-refractivity contribution < 1.29 is 4.74 Å². The maximum atomic E-state index is 5.79. The number of anilines is 2. The summed E-state index contributed by atoms with van der Waals surface area (Å²) in [7, 11) is 1.63. The van der Waals surface area contributed by atoms with Crippen LogP contribution in [0.3, 0.4) is 0 Å². The third-order valence-corrected chi connectivity index (χ3v) is 3.16. The first-order valence-electron chi connectivity index (χ1n) is 6.06. The van der Waals surface area contributed by atoms with Crippen molar-refractivity contribution in [2.24, 2.45) is 5.92 Å². The quantitative estimate of drug-likeness (QED) is 0.860. The number of hydrogen-bond donors (Lipinski definition) is 1. The van der Waals surface area contributed by atoms with Crippen LogP contribution in [0.2, 0.25) is 0 Å². The lowest BCUT2D eigenvalue weighted by Crippen LogP contribution is -2.33. The molecule has 2 N–H and O–H groups in total. The topological polar surface area (TPSA) is 64.3 Å². The molecule has 2 heterocycles. The monoisotopic (exact) mass is 236 g/mol. The molecule has 2 rings (SSSR count). The van der Waals surface area contributed by atoms with Gasteiger partial charge in [-0.05, 0) is 18.8 Å². The second-order valence-corrected chi connectivity index (χ2v) is 4.67. The zero-order valence-electron chi connectivity index (χ0n) is 10.5. The third-order valence-electron chi connectivity index (χ3n) is 3.16. The highest BCUT2D eigenvalue weighted by Crippen LogP contribution is 2.22. The van der Waals surface area contributed by atoms with Gasteiger partial charge in [0.1, 0.15) is 18.2 Å². The first-order valence-corrected chi connectivity index (χ1v) is 6.06. The predicted molar refractivity (Wildman–Crippen MR) is 67.8 cm³/mol. The van der Waals surface area contributed by atoms with Crippen LogP contribution in [0.4, 0.5) is 11.6 Å². The highest BCUT2D eigenvalue weighted by molar-refractivity contribution is 5.47. The molecule has 0 saturated carbocycles. The Morgan fingerprint density at radius 2 is 2.12 bits per heavy atom. The van der Waals surface area contributed by atoms with E-state index >= 15 is 0 Å². The number of nitrogen functional groups attached to an aromatic ring is 1. The Bertz CT molecular complexity index is 375. The van der Waals surface area contributed by atoms with E-state index in [0.29, 0.717) is 18.2 Å². The highest BCUT2D eigenvalue weighted by atomic mass is 16.5. The Morgan fingerprint density at radius 3 is 2.76 bits per heavy atom. The van der Waals surface area contributed by atoms with Crippen molar-refractivity contribution in [3.8, 4) is 0 Å². The number of methoxy groups -OCH3 is 1. The summed E-state index contributed by atoms with van der Waals surface area (Å²) >= 11 is 0. The van der Waals surface area contributed by atoms with E-state index < -0.39 is 0 Å². The Hall–Kier alpha value is -1.36. The van der Waals surface area contributed by atoms with E-state index in [-0.39, 0.29) is 0 Å². The van der Waals surface area contributed by atoms with Crippen molar-refractivity contribution in [1.82, 2.24) is 9.97 Å². The van der Waals surface area contributed by atoms with Gasteiger partial charge >= 0.3 is 0 Å². The van der Waals surface area contributed by atoms with E-state index in [2.05, 4.69) is 21.8 Å². The normalized spacial score (nSPS) is 17.4. The summed E-state index contributed by atoms with van der Waals surface area (Å²) in [5.74, 6) is 2.90. The van der Waals surface area contributed by atoms with E-state index in [4.69, 9.17) is 10.5 Å². The van der Waals surface area contributed by atoms with E-state index in [0.717, 1.165) is 24.8 Å². The lowest BCUT2D eigenvalue weighted by Gasteiger charge is -2.31. The third kappa shape index (κ3) is 3.06. The van der Waals surface area contributed by atoms with Crippen LogP contribution in [-0.4, -0.2) is 30.2 Å². The van der Waals surface area contributed by atoms with Gasteiger partial charge in [-0.15, -0.1) is 0 Å². The molecule has 0 amide bonds. The molecule has 0 atom stereocenters. The smallest absolute Gasteiger partial charge is 0.158 e. The van der Waals surface area contributed by atoms with Crippen molar-refractivity contribution in [2.45, 2.75) is 26.4 Å². The molecule has 0 bridgehead atoms. The van der Waals surface area contributed by atoms with Crippen LogP contribution in [-0.2, 0) is 11.3 Å². The zero-order chi connectivity index (χ0) is 12.3. The van der Waals surface area contributed by atoms with Crippen LogP contribution in [0.1, 0.15) is 25.6 Å². The van der Waals surface area contributed by atoms with Crippen LogP contribution in [0.25, 0.3) is 0 Å². The largest absolute Gasteiger partial charge is 0.384 e. The number of nitrogens with zero attached hydrogens (tertiary/aromatic N) is 3. The summed E-state index contributed by atoms with van der Waals surface area (Å²) in [6.45, 7) is 4.79. The summed E-state index contributed by atoms with van der Waals surface area (Å²) in [5.41, 5.74) is 5.79. The van der Waals surface area contributed by atoms with Gasteiger partial charge in [0.25, 0.3) is 0 Å². The average molecular weight is 236 g/mol. The van der Waals surface area contributed by atoms with E-state index in [1.807, 2.05) is 6.07 Å². The number of nitrogens with two attached hydrogens (primary N) is 1. The molecule has 0 aromatic carbocycles. The molecule has 1 aromatic heterocycles. The molecule has 94 valence electrons. The number of hydrogen-bond acceptors (Lipinski definition) is 5. The van der Waals surface area contributed by atoms with Crippen LogP contribution >= 0.6 is 0 Å². The lowest BCUT2D eigenvalue weighted by atomic mass is 9.99. The summed E-state index contributed by atoms with van der Waals surface area (Å²) in [4.78, 5) is 10.9. The Labute approximate surface area is 102 Å². The number of aromatic nitrogens is 2. The number of piperidine rings is 1. The molecular formula is C12H20N4O. The van der Waals surface area contributed by atoms with E-state index in [9.17, 15) is 0 Å². The van der Waals surface area contributed by atoms with Crippen molar-refractivity contribution >= 4 is 11.6 Å². The summed E-state index contributed by atoms with van der Waals surface area (Å²) in [5, 5.41) is 0. The molecule has 5 nitrogen and oxygen atoms in total. The predicted octanol–water partition coefficient (Wildman–Crippen LogP) is 1.44. The minimum absolute atomic E-state index is 0.405. The zero-order valence-corrected chi connectivity index (χ0v) is 10.5. The molecule has 5 heteroatoms. The van der Waals surface area contributed by atoms with Gasteiger partial charge < -0.3 is 15.4 Å². The SMILES string of the molecule is COCc1nc(N)cc(N2CCC(C)CC2)n1. The molecule has 1 aliphatic heterocycles. The van der Waals surface area contributed by atoms with Gasteiger partial charge in [0.05, 0.1) is 0 Å². The van der Waals surface area contributed by atoms with Gasteiger partial charge in [0.15, 0.2) is 5.82 Å². The molecule has 0 aliphatic carbocycles. The van der Waals surface area contributed by atoms with Crippen LogP contribution in [0.15, 0.2) is 6.07 Å². The molecule has 1 saturated heterocycles. The van der Waals surface area contributed by atoms with Gasteiger partial charge in [-0.2, -0.15) is 0 Å². The van der Waals surface area contributed by atoms with Crippen LogP contribution < -0.4 is 10.6 Å². The molecule has 0 radical (unpaired) electrons. The molecule has 1 aliphatic rings. The maximum absolute atomic E-state index is 5.79. The second-order valence-electron chi connectivity index (χ2n) is 4.67. The molecular weight excluding hydrogens is 216 g/mol. The standard InChI is InChI=1S/C12H20N4O/c1-9-3-5-16(6-4-9)12-7-10(13)14-11(15-12)8-17-2/h7,9H,3-6,8H2,1-2H3,(H2,13,14,15). The van der Waals surface area contributed by atoms with Crippen molar-refractivity contribution in [1.29, 1.82) is 0 Å². The minimum atomic E-state index is 0.405. The van der Waals surface area contributed by atoms with Crippen LogP contribution in [0.5, 0.6) is 0 Å². The summed E-state index contributed by atoms with van der Waals surface area (Å²) in [6, 6.07) is 1.84. The van der Waals surface area contributed by atoms with Gasteiger partial charge in [-0.3, -0.25) is 0 Å². The minimum Gasteiger partial charge on any atom is -0.384 e. The highest BCUT2D eigenvalue weighted by Gasteiger charge is 2.17. The fourth-order valence-electron chi connectivity index (χ4n) is 2.10. The fourth-order valence-corrected chi connectivity index (χ4v) is 2.10. The number of rotatable bonds is 3. The van der Waals surface area contributed by atoms with Gasteiger partial charge in [-0.1, -0.05) is 6.92 Å². The van der Waals surface area contributed by atoms with Crippen molar-refractivity contribution in [3.05, 3.63) is 11.9 Å². The van der Waals surface area contributed by atoms with Crippen molar-refractivity contribution in [2.75, 3.05) is 30.8 Å². The Kier molecular flexibility index (Phi) is 3.78. The molecule has 17 heavy (non-hydrogen) atoms. The number of ether oxygens (including phenoxy) is 1. The van der Waals surface area contributed by atoms with E-state index in [1.165, 1.54) is 12.8 Å². The first-order chi connectivity index (χ1) is 8.19. The molecule has 1 fully saturated rings. The Morgan fingerprint density at radius 1 is 1.41 bits per heavy atom. The molecule has 0 unspecified atom stereocenters. The van der Waals surface area contributed by atoms with Gasteiger partial charge in [-0.25, -0.2) is 9.97 Å². The first kappa shape index (κ1) is 12.1. The lowest BCUT2D eigenvalue weighted by molar-refractivity contribution is 0.178. The maximum Gasteiger partial charge on any atom is 0.158 e. The second kappa shape index (κ2) is 5.31. The molecule has 0 spiro atoms. The average Bonchev–Trinajstić information content (AvgIpc) is 2.29. The summed E-state index contributed by atoms with van der Waals surface area (Å²) in [6.07, 6.45) is 2.42.